The van der Waals surface area contributed by atoms with Crippen LogP contribution < -0.4 is 0 Å². The minimum atomic E-state index is -0.500. The van der Waals surface area contributed by atoms with E-state index < -0.39 is 6.29 Å². The van der Waals surface area contributed by atoms with Crippen LogP contribution in [-0.4, -0.2) is 43.3 Å². The second-order valence-corrected chi connectivity index (χ2v) is 10.8. The number of aliphatic hydroxyl groups is 1. The number of ether oxygens (including phenoxy) is 2. The van der Waals surface area contributed by atoms with Crippen LogP contribution >= 0.6 is 0 Å². The normalized spacial score (nSPS) is 46.9. The maximum atomic E-state index is 13.6. The number of Topliss-reactive ketones (excluding diaryl/α,β-unsaturated/α-hetero) is 2. The molecule has 4 aliphatic rings. The predicted molar refractivity (Wildman–Crippen MR) is 109 cm³/mol. The average Bonchev–Trinajstić information content (AvgIpc) is 3.02. The van der Waals surface area contributed by atoms with E-state index in [0.717, 1.165) is 44.9 Å². The van der Waals surface area contributed by atoms with Gasteiger partial charge >= 0.3 is 0 Å². The van der Waals surface area contributed by atoms with Crippen molar-refractivity contribution in [1.82, 2.24) is 0 Å². The number of aliphatic hydroxyl groups excluding tert-OH is 1. The molecule has 0 bridgehead atoms. The van der Waals surface area contributed by atoms with Gasteiger partial charge in [-0.25, -0.2) is 0 Å². The molecule has 0 radical (unpaired) electrons. The van der Waals surface area contributed by atoms with E-state index in [1.54, 1.807) is 14.2 Å². The molecule has 0 amide bonds. The van der Waals surface area contributed by atoms with E-state index in [9.17, 15) is 14.7 Å². The highest BCUT2D eigenvalue weighted by atomic mass is 16.7. The maximum Gasteiger partial charge on any atom is 0.163 e. The largest absolute Gasteiger partial charge is 0.393 e. The summed E-state index contributed by atoms with van der Waals surface area (Å²) in [5, 5.41) is 10.2. The Balaban J connectivity index is 1.57. The first-order valence-electron chi connectivity index (χ1n) is 11.5. The standard InChI is InChI=1S/C24H38O5/c1-23-10-9-15(25)11-14(23)5-6-16-17-7-8-18(19(26)12-21(28-3)29-4)24(17,2)13-20(27)22(16)23/h14-18,21-22,25H,5-13H2,1-4H3/t14-,15+,16-,17-,18+,22+,23-,24-/m0/s1. The maximum absolute atomic E-state index is 13.6. The van der Waals surface area contributed by atoms with Gasteiger partial charge in [0.2, 0.25) is 0 Å². The summed E-state index contributed by atoms with van der Waals surface area (Å²) in [6.45, 7) is 4.52. The van der Waals surface area contributed by atoms with Crippen molar-refractivity contribution in [3.8, 4) is 0 Å². The Labute approximate surface area is 174 Å². The molecule has 1 N–H and O–H groups in total. The van der Waals surface area contributed by atoms with E-state index in [1.165, 1.54) is 0 Å². The number of methoxy groups -OCH3 is 2. The summed E-state index contributed by atoms with van der Waals surface area (Å²) in [5.74, 6) is 1.94. The molecular weight excluding hydrogens is 368 g/mol. The van der Waals surface area contributed by atoms with Crippen molar-refractivity contribution >= 4 is 11.6 Å². The zero-order valence-electron chi connectivity index (χ0n) is 18.5. The molecule has 164 valence electrons. The Morgan fingerprint density at radius 1 is 1.10 bits per heavy atom. The Bertz CT molecular complexity index is 658. The van der Waals surface area contributed by atoms with Crippen LogP contribution in [0.4, 0.5) is 0 Å². The van der Waals surface area contributed by atoms with Gasteiger partial charge in [-0.15, -0.1) is 0 Å². The molecule has 4 fully saturated rings. The third kappa shape index (κ3) is 3.32. The van der Waals surface area contributed by atoms with Gasteiger partial charge in [0.05, 0.1) is 12.5 Å². The van der Waals surface area contributed by atoms with Crippen LogP contribution in [0.25, 0.3) is 0 Å². The van der Waals surface area contributed by atoms with Crippen LogP contribution in [0.2, 0.25) is 0 Å². The van der Waals surface area contributed by atoms with Crippen molar-refractivity contribution < 1.29 is 24.2 Å². The summed E-state index contributed by atoms with van der Waals surface area (Å²) in [5.41, 5.74) is -0.196. The van der Waals surface area contributed by atoms with E-state index in [0.29, 0.717) is 30.0 Å². The Kier molecular flexibility index (Phi) is 5.71. The summed E-state index contributed by atoms with van der Waals surface area (Å²) in [6.07, 6.45) is 6.85. The molecule has 5 heteroatoms. The van der Waals surface area contributed by atoms with Crippen molar-refractivity contribution in [2.24, 2.45) is 40.4 Å². The van der Waals surface area contributed by atoms with E-state index in [1.807, 2.05) is 0 Å². The monoisotopic (exact) mass is 406 g/mol. The zero-order chi connectivity index (χ0) is 21.0. The fourth-order valence-corrected chi connectivity index (χ4v) is 8.15. The molecule has 4 rings (SSSR count). The van der Waals surface area contributed by atoms with Gasteiger partial charge in [0.1, 0.15) is 11.6 Å². The number of rotatable bonds is 5. The predicted octanol–water partition coefficient (Wildman–Crippen LogP) is 3.76. The van der Waals surface area contributed by atoms with E-state index in [2.05, 4.69) is 13.8 Å². The number of carbonyl (C=O) groups is 2. The average molecular weight is 407 g/mol. The second kappa shape index (κ2) is 7.72. The zero-order valence-corrected chi connectivity index (χ0v) is 18.5. The van der Waals surface area contributed by atoms with Crippen molar-refractivity contribution in [2.45, 2.75) is 84.0 Å². The lowest BCUT2D eigenvalue weighted by Crippen LogP contribution is -2.58. The fraction of sp³-hybridized carbons (Fsp3) is 0.917. The van der Waals surface area contributed by atoms with E-state index in [-0.39, 0.29) is 41.0 Å². The third-order valence-corrected chi connectivity index (χ3v) is 9.60. The number of carbonyl (C=O) groups excluding carboxylic acids is 2. The fourth-order valence-electron chi connectivity index (χ4n) is 8.15. The smallest absolute Gasteiger partial charge is 0.163 e. The summed E-state index contributed by atoms with van der Waals surface area (Å²) in [6, 6.07) is 0. The molecule has 0 aromatic carbocycles. The molecule has 0 aromatic heterocycles. The van der Waals surface area contributed by atoms with E-state index in [4.69, 9.17) is 9.47 Å². The summed E-state index contributed by atoms with van der Waals surface area (Å²) in [4.78, 5) is 26.7. The molecule has 4 saturated carbocycles. The van der Waals surface area contributed by atoms with Gasteiger partial charge in [0.15, 0.2) is 6.29 Å². The van der Waals surface area contributed by atoms with Crippen LogP contribution in [0, 0.1) is 40.4 Å². The van der Waals surface area contributed by atoms with Crippen molar-refractivity contribution in [1.29, 1.82) is 0 Å². The lowest BCUT2D eigenvalue weighted by molar-refractivity contribution is -0.164. The van der Waals surface area contributed by atoms with Gasteiger partial charge in [-0.3, -0.25) is 9.59 Å². The van der Waals surface area contributed by atoms with Gasteiger partial charge < -0.3 is 14.6 Å². The minimum absolute atomic E-state index is 0.0276. The number of ketones is 2. The van der Waals surface area contributed by atoms with Gasteiger partial charge in [-0.05, 0) is 73.5 Å². The molecule has 4 aliphatic carbocycles. The molecule has 29 heavy (non-hydrogen) atoms. The number of hydrogen-bond donors (Lipinski definition) is 1. The SMILES string of the molecule is COC(CC(=O)[C@H]1CC[C@H]2[C@@H]3CC[C@H]4C[C@H](O)CC[C@]4(C)[C@H]3C(=O)C[C@]12C)OC. The highest BCUT2D eigenvalue weighted by Gasteiger charge is 2.64. The van der Waals surface area contributed by atoms with Crippen LogP contribution in [-0.2, 0) is 19.1 Å². The summed E-state index contributed by atoms with van der Waals surface area (Å²) >= 11 is 0. The van der Waals surface area contributed by atoms with Crippen LogP contribution in [0.3, 0.4) is 0 Å². The third-order valence-electron chi connectivity index (χ3n) is 9.60. The Morgan fingerprint density at radius 2 is 1.83 bits per heavy atom. The molecule has 0 aliphatic heterocycles. The molecular formula is C24H38O5. The van der Waals surface area contributed by atoms with E-state index >= 15 is 0 Å². The lowest BCUT2D eigenvalue weighted by Gasteiger charge is -2.59. The van der Waals surface area contributed by atoms with Crippen molar-refractivity contribution in [3.63, 3.8) is 0 Å². The van der Waals surface area contributed by atoms with Crippen molar-refractivity contribution in [3.05, 3.63) is 0 Å². The molecule has 8 atom stereocenters. The molecule has 0 heterocycles. The van der Waals surface area contributed by atoms with Crippen LogP contribution in [0.1, 0.15) is 71.6 Å². The van der Waals surface area contributed by atoms with Crippen molar-refractivity contribution in [2.75, 3.05) is 14.2 Å². The first-order chi connectivity index (χ1) is 13.7. The lowest BCUT2D eigenvalue weighted by atomic mass is 9.44. The molecule has 5 nitrogen and oxygen atoms in total. The minimum Gasteiger partial charge on any atom is -0.393 e. The highest BCUT2D eigenvalue weighted by molar-refractivity contribution is 5.88. The van der Waals surface area contributed by atoms with Gasteiger partial charge in [0, 0.05) is 32.5 Å². The second-order valence-electron chi connectivity index (χ2n) is 10.8. The molecule has 0 aromatic rings. The molecule has 0 saturated heterocycles. The van der Waals surface area contributed by atoms with Gasteiger partial charge in [-0.2, -0.15) is 0 Å². The van der Waals surface area contributed by atoms with Gasteiger partial charge in [0.25, 0.3) is 0 Å². The summed E-state index contributed by atoms with van der Waals surface area (Å²) < 4.78 is 10.5. The first-order valence-corrected chi connectivity index (χ1v) is 11.5. The number of fused-ring (bicyclic) bond motifs is 5. The molecule has 0 spiro atoms. The quantitative estimate of drug-likeness (QED) is 0.704. The number of hydrogen-bond acceptors (Lipinski definition) is 5. The summed E-state index contributed by atoms with van der Waals surface area (Å²) in [7, 11) is 3.13. The Hall–Kier alpha value is -0.780. The van der Waals surface area contributed by atoms with Crippen LogP contribution in [0.15, 0.2) is 0 Å². The van der Waals surface area contributed by atoms with Crippen LogP contribution in [0.5, 0.6) is 0 Å². The highest BCUT2D eigenvalue weighted by Crippen LogP contribution is 2.66. The molecule has 0 unspecified atom stereocenters. The topological polar surface area (TPSA) is 72.8 Å². The van der Waals surface area contributed by atoms with Gasteiger partial charge in [-0.1, -0.05) is 13.8 Å². The Morgan fingerprint density at radius 3 is 2.52 bits per heavy atom. The first kappa shape index (κ1) is 21.5.